The lowest BCUT2D eigenvalue weighted by atomic mass is 9.51. The Balaban J connectivity index is 1.53. The van der Waals surface area contributed by atoms with E-state index in [1.807, 2.05) is 0 Å². The van der Waals surface area contributed by atoms with E-state index in [4.69, 9.17) is 22.1 Å². The van der Waals surface area contributed by atoms with Gasteiger partial charge in [-0.15, -0.1) is 0 Å². The second-order valence-corrected chi connectivity index (χ2v) is 11.4. The molecule has 41 heavy (non-hydrogen) atoms. The number of ether oxygens (including phenoxy) is 1. The monoisotopic (exact) mass is 581 g/mol. The number of amides is 6. The number of primary amides is 1. The third kappa shape index (κ3) is 3.57. The number of likely N-dealkylation sites (tertiary alicyclic amines) is 1. The number of carbonyl (C=O) groups excluding carboxylic acids is 5. The maximum atomic E-state index is 14.3. The molecule has 2 heterocycles. The highest BCUT2D eigenvalue weighted by molar-refractivity contribution is 6.31. The summed E-state index contributed by atoms with van der Waals surface area (Å²) < 4.78 is 19.1. The highest BCUT2D eigenvalue weighted by Gasteiger charge is 2.68. The van der Waals surface area contributed by atoms with E-state index in [0.29, 0.717) is 16.0 Å². The van der Waals surface area contributed by atoms with Crippen LogP contribution in [0.5, 0.6) is 11.5 Å². The maximum Gasteiger partial charge on any atom is 0.328 e. The molecule has 2 aliphatic heterocycles. The summed E-state index contributed by atoms with van der Waals surface area (Å²) in [5.74, 6) is -7.45. The third-order valence-electron chi connectivity index (χ3n) is 9.19. The molecule has 6 amide bonds. The van der Waals surface area contributed by atoms with Gasteiger partial charge in [0.15, 0.2) is 11.5 Å². The molecule has 4 aliphatic rings. The van der Waals surface area contributed by atoms with E-state index in [1.54, 1.807) is 19.1 Å². The standard InChI is InChI=1S/C29H25ClFN3O7/c1-29-17(25(37)33(27(29)39)13-4-7-19(31)18(30)10-13)11-16-14(23(29)12-3-8-21(41-2)20(35)9-12)5-6-15-22(16)26(38)34(24(15)36)28(32)40/h3-5,7-10,15-17,22-23,35H,6,11H2,1-2H3,(H2,32,40)/t15-,16+,17-,22-,23-,29+/m0/s1. The van der Waals surface area contributed by atoms with Crippen molar-refractivity contribution < 1.29 is 38.2 Å². The number of anilines is 1. The number of phenolic OH excluding ortho intramolecular Hbond substituents is 1. The number of nitrogens with zero attached hydrogens (tertiary/aromatic N) is 2. The molecule has 1 saturated carbocycles. The van der Waals surface area contributed by atoms with Gasteiger partial charge in [0, 0.05) is 5.92 Å². The number of urea groups is 1. The average Bonchev–Trinajstić information content (AvgIpc) is 3.30. The van der Waals surface area contributed by atoms with Crippen molar-refractivity contribution in [2.75, 3.05) is 12.0 Å². The molecular weight excluding hydrogens is 557 g/mol. The SMILES string of the molecule is COc1ccc([C@H]2C3=CC[C@@H]4C(=O)N(C(N)=O)C(=O)[C@@H]4[C@@H]3C[C@H]3C(=O)N(c4ccc(F)c(Cl)c4)C(=O)[C@@]23C)cc1O. The van der Waals surface area contributed by atoms with Crippen molar-refractivity contribution in [1.29, 1.82) is 0 Å². The van der Waals surface area contributed by atoms with Crippen LogP contribution < -0.4 is 15.4 Å². The molecule has 12 heteroatoms. The number of hydrogen-bond acceptors (Lipinski definition) is 7. The number of nitrogens with two attached hydrogens (primary N) is 1. The molecule has 0 bridgehead atoms. The molecule has 0 aromatic heterocycles. The first kappa shape index (κ1) is 26.9. The van der Waals surface area contributed by atoms with E-state index in [9.17, 15) is 33.5 Å². The lowest BCUT2D eigenvalue weighted by molar-refractivity contribution is -0.136. The van der Waals surface area contributed by atoms with E-state index in [0.717, 1.165) is 11.0 Å². The number of carbonyl (C=O) groups is 5. The van der Waals surface area contributed by atoms with Crippen LogP contribution in [-0.4, -0.2) is 46.8 Å². The van der Waals surface area contributed by atoms with Crippen LogP contribution in [0.4, 0.5) is 14.9 Å². The number of hydrogen-bond donors (Lipinski definition) is 2. The molecule has 0 radical (unpaired) electrons. The van der Waals surface area contributed by atoms with E-state index in [2.05, 4.69) is 0 Å². The van der Waals surface area contributed by atoms with Gasteiger partial charge in [0.05, 0.1) is 41.0 Å². The smallest absolute Gasteiger partial charge is 0.328 e. The summed E-state index contributed by atoms with van der Waals surface area (Å²) in [5.41, 5.74) is 5.22. The third-order valence-corrected chi connectivity index (χ3v) is 9.48. The minimum atomic E-state index is -1.39. The fourth-order valence-electron chi connectivity index (χ4n) is 7.37. The first-order valence-electron chi connectivity index (χ1n) is 13.0. The van der Waals surface area contributed by atoms with Crippen LogP contribution in [0.15, 0.2) is 48.0 Å². The Bertz CT molecular complexity index is 1610. The van der Waals surface area contributed by atoms with Gasteiger partial charge in [-0.25, -0.2) is 14.1 Å². The zero-order valence-corrected chi connectivity index (χ0v) is 22.7. The summed E-state index contributed by atoms with van der Waals surface area (Å²) in [5, 5.41) is 10.4. The highest BCUT2D eigenvalue weighted by Crippen LogP contribution is 2.63. The van der Waals surface area contributed by atoms with Gasteiger partial charge >= 0.3 is 6.03 Å². The second-order valence-electron chi connectivity index (χ2n) is 11.0. The molecule has 3 fully saturated rings. The van der Waals surface area contributed by atoms with Crippen molar-refractivity contribution in [1.82, 2.24) is 4.90 Å². The zero-order chi connectivity index (χ0) is 29.5. The van der Waals surface area contributed by atoms with Crippen LogP contribution in [0.2, 0.25) is 5.02 Å². The molecule has 6 atom stereocenters. The molecule has 3 N–H and O–H groups in total. The van der Waals surface area contributed by atoms with Crippen molar-refractivity contribution in [3.05, 3.63) is 64.5 Å². The Hall–Kier alpha value is -4.25. The van der Waals surface area contributed by atoms with Crippen molar-refractivity contribution in [3.8, 4) is 11.5 Å². The number of methoxy groups -OCH3 is 1. The van der Waals surface area contributed by atoms with Gasteiger partial charge in [-0.05, 0) is 61.6 Å². The van der Waals surface area contributed by atoms with E-state index in [1.165, 1.54) is 31.4 Å². The average molecular weight is 582 g/mol. The van der Waals surface area contributed by atoms with Gasteiger partial charge in [0.2, 0.25) is 23.6 Å². The summed E-state index contributed by atoms with van der Waals surface area (Å²) in [4.78, 5) is 68.2. The number of halogens is 2. The van der Waals surface area contributed by atoms with Gasteiger partial charge in [-0.1, -0.05) is 29.3 Å². The van der Waals surface area contributed by atoms with Crippen LogP contribution >= 0.6 is 11.6 Å². The van der Waals surface area contributed by atoms with Gasteiger partial charge in [-0.3, -0.25) is 19.2 Å². The predicted octanol–water partition coefficient (Wildman–Crippen LogP) is 3.50. The molecule has 10 nitrogen and oxygen atoms in total. The number of fused-ring (bicyclic) bond motifs is 4. The number of imide groups is 4. The summed E-state index contributed by atoms with van der Waals surface area (Å²) in [6.07, 6.45) is 1.97. The molecule has 212 valence electrons. The Morgan fingerprint density at radius 3 is 2.46 bits per heavy atom. The molecular formula is C29H25ClFN3O7. The molecule has 0 unspecified atom stereocenters. The lowest BCUT2D eigenvalue weighted by Crippen LogP contribution is -2.49. The molecule has 2 aromatic carbocycles. The Kier molecular flexibility index (Phi) is 6.00. The quantitative estimate of drug-likeness (QED) is 0.416. The summed E-state index contributed by atoms with van der Waals surface area (Å²) >= 11 is 5.99. The van der Waals surface area contributed by atoms with Crippen molar-refractivity contribution in [2.45, 2.75) is 25.7 Å². The summed E-state index contributed by atoms with van der Waals surface area (Å²) in [6, 6.07) is 7.05. The fraction of sp³-hybridized carbons (Fsp3) is 0.345. The first-order chi connectivity index (χ1) is 19.4. The fourth-order valence-corrected chi connectivity index (χ4v) is 7.54. The maximum absolute atomic E-state index is 14.3. The second kappa shape index (κ2) is 9.13. The van der Waals surface area contributed by atoms with Gasteiger partial charge < -0.3 is 15.6 Å². The van der Waals surface area contributed by atoms with Crippen LogP contribution in [0.1, 0.15) is 31.2 Å². The topological polar surface area (TPSA) is 147 Å². The Morgan fingerprint density at radius 2 is 1.83 bits per heavy atom. The predicted molar refractivity (Wildman–Crippen MR) is 142 cm³/mol. The lowest BCUT2D eigenvalue weighted by Gasteiger charge is -2.49. The van der Waals surface area contributed by atoms with Crippen molar-refractivity contribution in [3.63, 3.8) is 0 Å². The van der Waals surface area contributed by atoms with E-state index in [-0.39, 0.29) is 35.1 Å². The van der Waals surface area contributed by atoms with Crippen LogP contribution in [-0.2, 0) is 19.2 Å². The normalized spacial score (nSPS) is 30.6. The van der Waals surface area contributed by atoms with Crippen molar-refractivity contribution in [2.24, 2.45) is 34.8 Å². The van der Waals surface area contributed by atoms with Crippen LogP contribution in [0, 0.1) is 34.9 Å². The molecule has 2 saturated heterocycles. The number of phenols is 1. The number of benzene rings is 2. The highest BCUT2D eigenvalue weighted by atomic mass is 35.5. The Labute approximate surface area is 238 Å². The van der Waals surface area contributed by atoms with Crippen molar-refractivity contribution >= 4 is 46.9 Å². The first-order valence-corrected chi connectivity index (χ1v) is 13.4. The molecule has 2 aromatic rings. The number of allylic oxidation sites excluding steroid dienone is 2. The zero-order valence-electron chi connectivity index (χ0n) is 22.0. The van der Waals surface area contributed by atoms with E-state index < -0.39 is 70.5 Å². The molecule has 6 rings (SSSR count). The van der Waals surface area contributed by atoms with E-state index >= 15 is 0 Å². The summed E-state index contributed by atoms with van der Waals surface area (Å²) in [6.45, 7) is 1.66. The number of aromatic hydroxyl groups is 1. The molecule has 2 aliphatic carbocycles. The van der Waals surface area contributed by atoms with Gasteiger partial charge in [-0.2, -0.15) is 4.90 Å². The van der Waals surface area contributed by atoms with Gasteiger partial charge in [0.1, 0.15) is 5.82 Å². The Morgan fingerprint density at radius 1 is 1.10 bits per heavy atom. The van der Waals surface area contributed by atoms with Gasteiger partial charge in [0.25, 0.3) is 0 Å². The summed E-state index contributed by atoms with van der Waals surface area (Å²) in [7, 11) is 1.39. The van der Waals surface area contributed by atoms with Crippen LogP contribution in [0.25, 0.3) is 0 Å². The number of rotatable bonds is 3. The minimum Gasteiger partial charge on any atom is -0.504 e. The largest absolute Gasteiger partial charge is 0.504 e. The molecule has 0 spiro atoms. The van der Waals surface area contributed by atoms with Crippen LogP contribution in [0.3, 0.4) is 0 Å². The minimum absolute atomic E-state index is 0.0454.